The van der Waals surface area contributed by atoms with Crippen molar-refractivity contribution in [1.82, 2.24) is 25.1 Å². The second kappa shape index (κ2) is 12.5. The summed E-state index contributed by atoms with van der Waals surface area (Å²) in [6, 6.07) is 17.4. The molecule has 3 aromatic heterocycles. The number of aryl methyl sites for hydroxylation is 2. The highest BCUT2D eigenvalue weighted by Crippen LogP contribution is 2.40. The van der Waals surface area contributed by atoms with Crippen LogP contribution in [-0.2, 0) is 16.0 Å². The van der Waals surface area contributed by atoms with Crippen LogP contribution in [0.2, 0.25) is 5.02 Å². The van der Waals surface area contributed by atoms with Crippen molar-refractivity contribution in [3.05, 3.63) is 105 Å². The molecule has 0 saturated carbocycles. The van der Waals surface area contributed by atoms with Gasteiger partial charge in [0, 0.05) is 57.6 Å². The van der Waals surface area contributed by atoms with E-state index in [4.69, 9.17) is 21.6 Å². The number of hydrogen-bond donors (Lipinski definition) is 2. The SMILES string of the molecule is Cc1sc2c(c1C)C(c1ccc(Cl)cc1)=N[C@@H](CC(=O)NC1CCN(c3ccc(-c4ccc5c(c4)CC(=O)N5)cn3)CC1)c1nnc(C)n1-2. The number of piperidine rings is 1. The molecule has 0 bridgehead atoms. The van der Waals surface area contributed by atoms with E-state index < -0.39 is 6.04 Å². The number of hydrogen-bond acceptors (Lipinski definition) is 8. The number of pyridine rings is 1. The molecule has 5 aromatic rings. The summed E-state index contributed by atoms with van der Waals surface area (Å²) in [5.41, 5.74) is 7.96. The van der Waals surface area contributed by atoms with Crippen LogP contribution in [0.15, 0.2) is 65.8 Å². The van der Waals surface area contributed by atoms with Crippen LogP contribution in [0.25, 0.3) is 16.1 Å². The first-order valence-corrected chi connectivity index (χ1v) is 17.7. The average Bonchev–Trinajstić information content (AvgIpc) is 3.73. The quantitative estimate of drug-likeness (QED) is 0.209. The fourth-order valence-corrected chi connectivity index (χ4v) is 8.34. The molecule has 0 unspecified atom stereocenters. The zero-order chi connectivity index (χ0) is 33.8. The molecule has 2 amide bonds. The van der Waals surface area contributed by atoms with Crippen molar-refractivity contribution >= 4 is 52.0 Å². The molecule has 0 spiro atoms. The number of aromatic nitrogens is 4. The van der Waals surface area contributed by atoms with Crippen LogP contribution in [0.5, 0.6) is 0 Å². The van der Waals surface area contributed by atoms with E-state index in [2.05, 4.69) is 56.3 Å². The third kappa shape index (κ3) is 5.91. The first-order valence-electron chi connectivity index (χ1n) is 16.5. The predicted octanol–water partition coefficient (Wildman–Crippen LogP) is 6.53. The van der Waals surface area contributed by atoms with Gasteiger partial charge in [-0.1, -0.05) is 29.8 Å². The van der Waals surface area contributed by atoms with Gasteiger partial charge in [-0.15, -0.1) is 21.5 Å². The molecule has 6 heterocycles. The Morgan fingerprint density at radius 3 is 2.51 bits per heavy atom. The van der Waals surface area contributed by atoms with E-state index >= 15 is 0 Å². The van der Waals surface area contributed by atoms with Crippen LogP contribution in [0.4, 0.5) is 11.5 Å². The summed E-state index contributed by atoms with van der Waals surface area (Å²) in [4.78, 5) is 38.9. The maximum Gasteiger partial charge on any atom is 0.228 e. The Morgan fingerprint density at radius 2 is 1.76 bits per heavy atom. The largest absolute Gasteiger partial charge is 0.356 e. The second-order valence-corrected chi connectivity index (χ2v) is 14.6. The van der Waals surface area contributed by atoms with E-state index in [-0.39, 0.29) is 24.3 Å². The Kier molecular flexibility index (Phi) is 8.04. The number of aliphatic imine (C=N–C) groups is 1. The summed E-state index contributed by atoms with van der Waals surface area (Å²) in [6.45, 7) is 7.76. The van der Waals surface area contributed by atoms with Crippen molar-refractivity contribution in [3.63, 3.8) is 0 Å². The molecule has 3 aliphatic heterocycles. The first kappa shape index (κ1) is 31.4. The standard InChI is InChI=1S/C37H35ClN8O2S/c1-20-21(2)49-37-34(20)35(23-4-8-27(38)9-5-23)42-30(36-44-43-22(3)46(36)37)18-33(48)40-28-12-14-45(15-13-28)31-11-7-25(19-39-31)24-6-10-29-26(16-24)17-32(47)41-29/h4-11,16,19,28,30H,12-15,17-18H2,1-3H3,(H,40,48)(H,41,47)/t30-/m0/s1. The Balaban J connectivity index is 0.955. The minimum atomic E-state index is -0.503. The van der Waals surface area contributed by atoms with E-state index in [1.54, 1.807) is 11.3 Å². The van der Waals surface area contributed by atoms with Crippen LogP contribution in [0, 0.1) is 20.8 Å². The highest BCUT2D eigenvalue weighted by atomic mass is 35.5. The smallest absolute Gasteiger partial charge is 0.228 e. The van der Waals surface area contributed by atoms with Crippen LogP contribution < -0.4 is 15.5 Å². The van der Waals surface area contributed by atoms with Crippen molar-refractivity contribution < 1.29 is 9.59 Å². The van der Waals surface area contributed by atoms with Crippen LogP contribution in [0.1, 0.15) is 64.1 Å². The average molecular weight is 691 g/mol. The lowest BCUT2D eigenvalue weighted by Crippen LogP contribution is -2.45. The highest BCUT2D eigenvalue weighted by molar-refractivity contribution is 7.15. The van der Waals surface area contributed by atoms with E-state index in [9.17, 15) is 9.59 Å². The molecule has 12 heteroatoms. The number of rotatable bonds is 6. The number of thiophene rings is 1. The van der Waals surface area contributed by atoms with Crippen molar-refractivity contribution in [2.75, 3.05) is 23.3 Å². The highest BCUT2D eigenvalue weighted by Gasteiger charge is 2.33. The number of fused-ring (bicyclic) bond motifs is 4. The van der Waals surface area contributed by atoms with Crippen LogP contribution in [0.3, 0.4) is 0 Å². The van der Waals surface area contributed by atoms with Crippen molar-refractivity contribution in [1.29, 1.82) is 0 Å². The Morgan fingerprint density at radius 1 is 1.00 bits per heavy atom. The summed E-state index contributed by atoms with van der Waals surface area (Å²) >= 11 is 7.94. The van der Waals surface area contributed by atoms with Gasteiger partial charge in [0.15, 0.2) is 5.82 Å². The maximum absolute atomic E-state index is 13.6. The Labute approximate surface area is 293 Å². The molecule has 0 radical (unpaired) electrons. The molecule has 10 nitrogen and oxygen atoms in total. The van der Waals surface area contributed by atoms with Gasteiger partial charge in [0.2, 0.25) is 11.8 Å². The molecule has 1 saturated heterocycles. The lowest BCUT2D eigenvalue weighted by atomic mass is 9.99. The summed E-state index contributed by atoms with van der Waals surface area (Å²) in [5, 5.41) is 16.8. The molecule has 8 rings (SSSR count). The van der Waals surface area contributed by atoms with E-state index in [0.29, 0.717) is 17.3 Å². The molecule has 3 aliphatic rings. The van der Waals surface area contributed by atoms with Gasteiger partial charge < -0.3 is 15.5 Å². The fourth-order valence-electron chi connectivity index (χ4n) is 7.00. The molecule has 2 aromatic carbocycles. The minimum Gasteiger partial charge on any atom is -0.356 e. The number of nitrogens with zero attached hydrogens (tertiary/aromatic N) is 6. The molecular weight excluding hydrogens is 656 g/mol. The van der Waals surface area contributed by atoms with Gasteiger partial charge in [-0.3, -0.25) is 19.1 Å². The minimum absolute atomic E-state index is 0.0308. The number of nitrogens with one attached hydrogen (secondary N) is 2. The van der Waals surface area contributed by atoms with Gasteiger partial charge >= 0.3 is 0 Å². The molecule has 0 aliphatic carbocycles. The molecule has 1 fully saturated rings. The zero-order valence-electron chi connectivity index (χ0n) is 27.5. The molecule has 49 heavy (non-hydrogen) atoms. The third-order valence-electron chi connectivity index (χ3n) is 9.73. The first-order chi connectivity index (χ1) is 23.7. The number of carbonyl (C=O) groups is 2. The van der Waals surface area contributed by atoms with Gasteiger partial charge in [-0.05, 0) is 86.7 Å². The number of carbonyl (C=O) groups excluding carboxylic acids is 2. The molecule has 2 N–H and O–H groups in total. The molecular formula is C37H35ClN8O2S. The van der Waals surface area contributed by atoms with Gasteiger partial charge in [0.1, 0.15) is 22.7 Å². The fraction of sp³-hybridized carbons (Fsp3) is 0.297. The van der Waals surface area contributed by atoms with Crippen molar-refractivity contribution in [2.45, 2.75) is 58.5 Å². The number of halogens is 1. The molecule has 248 valence electrons. The van der Waals surface area contributed by atoms with E-state index in [1.807, 2.05) is 55.6 Å². The summed E-state index contributed by atoms with van der Waals surface area (Å²) in [6.07, 6.45) is 4.10. The van der Waals surface area contributed by atoms with Crippen molar-refractivity contribution in [2.24, 2.45) is 4.99 Å². The van der Waals surface area contributed by atoms with Gasteiger partial charge in [-0.25, -0.2) is 4.98 Å². The Hall–Kier alpha value is -4.87. The lowest BCUT2D eigenvalue weighted by molar-refractivity contribution is -0.122. The predicted molar refractivity (Wildman–Crippen MR) is 193 cm³/mol. The zero-order valence-corrected chi connectivity index (χ0v) is 29.0. The second-order valence-electron chi connectivity index (χ2n) is 12.9. The summed E-state index contributed by atoms with van der Waals surface area (Å²) < 4.78 is 2.07. The van der Waals surface area contributed by atoms with E-state index in [1.165, 1.54) is 4.88 Å². The van der Waals surface area contributed by atoms with Crippen LogP contribution >= 0.6 is 22.9 Å². The van der Waals surface area contributed by atoms with Gasteiger partial charge in [-0.2, -0.15) is 0 Å². The topological polar surface area (TPSA) is 117 Å². The van der Waals surface area contributed by atoms with Gasteiger partial charge in [0.25, 0.3) is 0 Å². The maximum atomic E-state index is 13.6. The van der Waals surface area contributed by atoms with Crippen LogP contribution in [-0.4, -0.2) is 56.4 Å². The molecule has 1 atom stereocenters. The normalized spacial score (nSPS) is 17.1. The third-order valence-corrected chi connectivity index (χ3v) is 11.2. The lowest BCUT2D eigenvalue weighted by Gasteiger charge is -2.33. The summed E-state index contributed by atoms with van der Waals surface area (Å²) in [5.74, 6) is 2.34. The van der Waals surface area contributed by atoms with E-state index in [0.717, 1.165) is 87.4 Å². The van der Waals surface area contributed by atoms with Gasteiger partial charge in [0.05, 0.1) is 18.6 Å². The number of amides is 2. The Bertz CT molecular complexity index is 2130. The number of anilines is 2. The summed E-state index contributed by atoms with van der Waals surface area (Å²) in [7, 11) is 0. The number of benzene rings is 2. The van der Waals surface area contributed by atoms with Crippen molar-refractivity contribution in [3.8, 4) is 16.1 Å². The monoisotopic (exact) mass is 690 g/mol.